The molecule has 0 fully saturated rings. The van der Waals surface area contributed by atoms with Crippen molar-refractivity contribution in [2.75, 3.05) is 20.6 Å². The van der Waals surface area contributed by atoms with E-state index in [2.05, 4.69) is 0 Å². The van der Waals surface area contributed by atoms with E-state index in [-0.39, 0.29) is 36.5 Å². The number of carbonyl (C=O) groups is 2. The van der Waals surface area contributed by atoms with Crippen LogP contribution in [0, 0.1) is 37.2 Å². The van der Waals surface area contributed by atoms with Crippen LogP contribution >= 0.6 is 0 Å². The number of carboxylic acids is 1. The van der Waals surface area contributed by atoms with E-state index < -0.39 is 106 Å². The van der Waals surface area contributed by atoms with Crippen molar-refractivity contribution in [3.05, 3.63) is 91.6 Å². The Kier molecular flexibility index (Phi) is 13.0. The molecule has 6 nitrogen and oxygen atoms in total. The van der Waals surface area contributed by atoms with Gasteiger partial charge in [0.2, 0.25) is 0 Å². The third-order valence-electron chi connectivity index (χ3n) is 8.44. The van der Waals surface area contributed by atoms with Crippen molar-refractivity contribution < 1.29 is 54.2 Å². The number of aryl methyl sites for hydroxylation is 3. The predicted molar refractivity (Wildman–Crippen MR) is 172 cm³/mol. The molecule has 15 heteroatoms. The molecule has 280 valence electrons. The van der Waals surface area contributed by atoms with Crippen molar-refractivity contribution in [3.63, 3.8) is 0 Å². The highest BCUT2D eigenvalue weighted by atomic mass is 19.4. The number of carbonyl (C=O) groups excluding carboxylic acids is 1. The Morgan fingerprint density at radius 1 is 0.882 bits per heavy atom. The summed E-state index contributed by atoms with van der Waals surface area (Å²) in [7, 11) is 3.40. The number of carboxylic acid groups (broad SMARTS) is 1. The van der Waals surface area contributed by atoms with E-state index >= 15 is 13.2 Å². The van der Waals surface area contributed by atoms with Crippen molar-refractivity contribution in [1.29, 1.82) is 0 Å². The predicted octanol–water partition coefficient (Wildman–Crippen LogP) is 8.89. The van der Waals surface area contributed by atoms with Gasteiger partial charge in [0.05, 0.1) is 23.6 Å². The Labute approximate surface area is 288 Å². The Balaban J connectivity index is 2.27. The lowest BCUT2D eigenvalue weighted by Gasteiger charge is -2.26. The van der Waals surface area contributed by atoms with Crippen molar-refractivity contribution in [2.45, 2.75) is 84.1 Å². The van der Waals surface area contributed by atoms with Crippen LogP contribution in [0.5, 0.6) is 0 Å². The molecule has 2 atom stereocenters. The van der Waals surface area contributed by atoms with Crippen molar-refractivity contribution in [1.82, 2.24) is 9.47 Å². The molecule has 0 aliphatic heterocycles. The molecule has 0 spiro atoms. The summed E-state index contributed by atoms with van der Waals surface area (Å²) in [6, 6.07) is 1.09. The number of ketones is 1. The minimum absolute atomic E-state index is 0.0111. The normalized spacial score (nSPS) is 13.6. The van der Waals surface area contributed by atoms with Crippen LogP contribution in [0.15, 0.2) is 35.3 Å². The molecule has 0 aliphatic rings. The minimum Gasteiger partial charge on any atom is -0.481 e. The number of Topliss-reactive ketones (excluding diaryl/α,β-unsaturated/α-hetero) is 1. The van der Waals surface area contributed by atoms with Crippen molar-refractivity contribution in [3.8, 4) is 11.1 Å². The number of aliphatic carboxylic acids is 1. The molecule has 0 bridgehead atoms. The van der Waals surface area contributed by atoms with Gasteiger partial charge in [0, 0.05) is 41.3 Å². The summed E-state index contributed by atoms with van der Waals surface area (Å²) >= 11 is 0. The lowest BCUT2D eigenvalue weighted by Crippen LogP contribution is -2.33. The number of aromatic nitrogens is 1. The van der Waals surface area contributed by atoms with Crippen LogP contribution in [0.2, 0.25) is 0 Å². The Hall–Kier alpha value is -4.14. The first-order chi connectivity index (χ1) is 23.4. The fourth-order valence-corrected chi connectivity index (χ4v) is 6.26. The SMILES string of the molecule is Cc1cc(C)c(-c2cc(C(F)(F)F)c(F)c([C@H](CC(=O)O)CC(=O)C(CC(C)C)n3cc(CCCN(C)C)c(C(F)(F)F)cc3=O)c2F)c(F)c1. The van der Waals surface area contributed by atoms with Gasteiger partial charge in [-0.05, 0) is 88.5 Å². The summed E-state index contributed by atoms with van der Waals surface area (Å²) in [6.07, 6.45) is -12.0. The summed E-state index contributed by atoms with van der Waals surface area (Å²) in [6.45, 7) is 6.36. The van der Waals surface area contributed by atoms with Gasteiger partial charge >= 0.3 is 18.3 Å². The van der Waals surface area contributed by atoms with Gasteiger partial charge < -0.3 is 14.6 Å². The average molecular weight is 735 g/mol. The van der Waals surface area contributed by atoms with Crippen LogP contribution in [-0.4, -0.2) is 47.0 Å². The largest absolute Gasteiger partial charge is 0.481 e. The molecule has 1 N–H and O–H groups in total. The number of nitrogens with zero attached hydrogens (tertiary/aromatic N) is 2. The number of pyridine rings is 1. The van der Waals surface area contributed by atoms with Gasteiger partial charge in [-0.15, -0.1) is 0 Å². The van der Waals surface area contributed by atoms with Crippen molar-refractivity contribution >= 4 is 11.8 Å². The molecule has 3 rings (SSSR count). The second-order valence-corrected chi connectivity index (χ2v) is 13.4. The number of benzene rings is 2. The summed E-state index contributed by atoms with van der Waals surface area (Å²) in [4.78, 5) is 40.8. The first kappa shape index (κ1) is 41.3. The minimum atomic E-state index is -5.47. The first-order valence-corrected chi connectivity index (χ1v) is 16.0. The topological polar surface area (TPSA) is 79.6 Å². The third kappa shape index (κ3) is 10.0. The number of hydrogen-bond donors (Lipinski definition) is 1. The fourth-order valence-electron chi connectivity index (χ4n) is 6.26. The van der Waals surface area contributed by atoms with Gasteiger partial charge in [-0.1, -0.05) is 19.9 Å². The van der Waals surface area contributed by atoms with E-state index in [9.17, 15) is 45.8 Å². The summed E-state index contributed by atoms with van der Waals surface area (Å²) < 4.78 is 132. The summed E-state index contributed by atoms with van der Waals surface area (Å²) in [5.74, 6) is -10.4. The quantitative estimate of drug-likeness (QED) is 0.168. The van der Waals surface area contributed by atoms with Crippen LogP contribution in [0.3, 0.4) is 0 Å². The van der Waals surface area contributed by atoms with E-state index in [0.29, 0.717) is 18.2 Å². The number of halogens is 9. The van der Waals surface area contributed by atoms with Gasteiger partial charge in [-0.3, -0.25) is 14.4 Å². The zero-order chi connectivity index (χ0) is 38.7. The highest BCUT2D eigenvalue weighted by Gasteiger charge is 2.41. The first-order valence-electron chi connectivity index (χ1n) is 16.0. The van der Waals surface area contributed by atoms with Gasteiger partial charge in [0.25, 0.3) is 5.56 Å². The maximum Gasteiger partial charge on any atom is 0.419 e. The number of alkyl halides is 6. The van der Waals surface area contributed by atoms with Crippen LogP contribution in [0.1, 0.15) is 84.9 Å². The van der Waals surface area contributed by atoms with Gasteiger partial charge in [0.1, 0.15) is 17.5 Å². The van der Waals surface area contributed by atoms with Gasteiger partial charge in [0.15, 0.2) is 5.78 Å². The standard InChI is InChI=1S/C36H39F9N2O4/c1-18(2)10-27(47-17-21(8-7-9-46(5)6)24(16-29(47)49)35(40,41)42)28(48)13-22(14-30(50)51)32-33(38)23(15-25(34(32)39)36(43,44)45)31-20(4)11-19(3)12-26(31)37/h11-12,15-18,22,27H,7-10,13-14H2,1-6H3,(H,50,51)/t22-,27?/m0/s1. The van der Waals surface area contributed by atoms with Gasteiger partial charge in [-0.2, -0.15) is 26.3 Å². The molecular weight excluding hydrogens is 695 g/mol. The molecule has 51 heavy (non-hydrogen) atoms. The summed E-state index contributed by atoms with van der Waals surface area (Å²) in [5.41, 5.74) is -7.56. The smallest absolute Gasteiger partial charge is 0.419 e. The monoisotopic (exact) mass is 734 g/mol. The maximum absolute atomic E-state index is 16.3. The fraction of sp³-hybridized carbons (Fsp3) is 0.472. The lowest BCUT2D eigenvalue weighted by atomic mass is 9.83. The maximum atomic E-state index is 16.3. The third-order valence-corrected chi connectivity index (χ3v) is 8.44. The molecule has 3 aromatic rings. The van der Waals surface area contributed by atoms with E-state index in [1.54, 1.807) is 32.8 Å². The second-order valence-electron chi connectivity index (χ2n) is 13.4. The van der Waals surface area contributed by atoms with Crippen LogP contribution < -0.4 is 5.56 Å². The van der Waals surface area contributed by atoms with Crippen LogP contribution in [0.4, 0.5) is 39.5 Å². The molecule has 0 saturated carbocycles. The van der Waals surface area contributed by atoms with E-state index in [1.165, 1.54) is 19.9 Å². The Bertz CT molecular complexity index is 1810. The van der Waals surface area contributed by atoms with Gasteiger partial charge in [-0.25, -0.2) is 13.2 Å². The highest BCUT2D eigenvalue weighted by molar-refractivity contribution is 5.84. The molecule has 0 saturated heterocycles. The van der Waals surface area contributed by atoms with E-state index in [4.69, 9.17) is 0 Å². The van der Waals surface area contributed by atoms with Crippen molar-refractivity contribution in [2.24, 2.45) is 5.92 Å². The molecule has 2 aromatic carbocycles. The number of hydrogen-bond acceptors (Lipinski definition) is 4. The molecule has 0 amide bonds. The summed E-state index contributed by atoms with van der Waals surface area (Å²) in [5, 5.41) is 9.68. The van der Waals surface area contributed by atoms with Crippen LogP contribution in [-0.2, 0) is 28.4 Å². The average Bonchev–Trinajstić information content (AvgIpc) is 2.95. The zero-order valence-corrected chi connectivity index (χ0v) is 28.8. The zero-order valence-electron chi connectivity index (χ0n) is 28.8. The molecule has 1 unspecified atom stereocenters. The van der Waals surface area contributed by atoms with E-state index in [1.807, 2.05) is 0 Å². The molecular formula is C36H39F9N2O4. The lowest BCUT2D eigenvalue weighted by molar-refractivity contribution is -0.140. The molecule has 0 aliphatic carbocycles. The molecule has 0 radical (unpaired) electrons. The van der Waals surface area contributed by atoms with Crippen LogP contribution in [0.25, 0.3) is 11.1 Å². The molecule has 1 heterocycles. The Morgan fingerprint density at radius 2 is 1.49 bits per heavy atom. The highest BCUT2D eigenvalue weighted by Crippen LogP contribution is 2.43. The second kappa shape index (κ2) is 16.0. The molecule has 1 aromatic heterocycles. The van der Waals surface area contributed by atoms with E-state index in [0.717, 1.165) is 16.8 Å². The number of rotatable bonds is 14. The Morgan fingerprint density at radius 3 is 2.00 bits per heavy atom.